The van der Waals surface area contributed by atoms with Gasteiger partial charge in [0.05, 0.1) is 0 Å². The van der Waals surface area contributed by atoms with E-state index in [1.54, 1.807) is 0 Å². The molecule has 1 N–H and O–H groups in total. The second-order valence-electron chi connectivity index (χ2n) is 5.06. The highest BCUT2D eigenvalue weighted by atomic mass is 79.9. The Labute approximate surface area is 113 Å². The minimum absolute atomic E-state index is 0.624. The number of piperidine rings is 1. The SMILES string of the molecule is CC(C)N1CCC(Nc2cccc(Br)c2)CC1. The van der Waals surface area contributed by atoms with E-state index in [2.05, 4.69) is 64.3 Å². The lowest BCUT2D eigenvalue weighted by atomic mass is 10.0. The van der Waals surface area contributed by atoms with Gasteiger partial charge in [0.15, 0.2) is 0 Å². The van der Waals surface area contributed by atoms with Gasteiger partial charge in [-0.3, -0.25) is 0 Å². The Hall–Kier alpha value is -0.540. The monoisotopic (exact) mass is 296 g/mol. The maximum Gasteiger partial charge on any atom is 0.0353 e. The van der Waals surface area contributed by atoms with Crippen molar-refractivity contribution in [2.24, 2.45) is 0 Å². The molecule has 1 aromatic rings. The molecule has 1 fully saturated rings. The second-order valence-corrected chi connectivity index (χ2v) is 5.97. The predicted molar refractivity (Wildman–Crippen MR) is 77.5 cm³/mol. The van der Waals surface area contributed by atoms with Crippen LogP contribution in [0.15, 0.2) is 28.7 Å². The fraction of sp³-hybridized carbons (Fsp3) is 0.571. The molecule has 3 heteroatoms. The molecule has 1 heterocycles. The highest BCUT2D eigenvalue weighted by Crippen LogP contribution is 2.20. The normalized spacial score (nSPS) is 18.6. The molecule has 1 saturated heterocycles. The summed E-state index contributed by atoms with van der Waals surface area (Å²) in [7, 11) is 0. The largest absolute Gasteiger partial charge is 0.382 e. The first-order valence-corrected chi connectivity index (χ1v) is 7.20. The second kappa shape index (κ2) is 5.87. The quantitative estimate of drug-likeness (QED) is 0.914. The van der Waals surface area contributed by atoms with Crippen molar-refractivity contribution in [1.82, 2.24) is 4.90 Å². The standard InChI is InChI=1S/C14H21BrN2/c1-11(2)17-8-6-13(7-9-17)16-14-5-3-4-12(15)10-14/h3-5,10-11,13,16H,6-9H2,1-2H3. The summed E-state index contributed by atoms with van der Waals surface area (Å²) < 4.78 is 1.14. The average Bonchev–Trinajstić information content (AvgIpc) is 2.29. The van der Waals surface area contributed by atoms with Crippen molar-refractivity contribution in [3.8, 4) is 0 Å². The number of hydrogen-bond donors (Lipinski definition) is 1. The van der Waals surface area contributed by atoms with Crippen LogP contribution in [-0.4, -0.2) is 30.1 Å². The van der Waals surface area contributed by atoms with Crippen LogP contribution in [0.2, 0.25) is 0 Å². The van der Waals surface area contributed by atoms with Crippen LogP contribution in [0.3, 0.4) is 0 Å². The van der Waals surface area contributed by atoms with Crippen molar-refractivity contribution in [1.29, 1.82) is 0 Å². The zero-order valence-electron chi connectivity index (χ0n) is 10.6. The van der Waals surface area contributed by atoms with Crippen LogP contribution in [0, 0.1) is 0 Å². The van der Waals surface area contributed by atoms with Gasteiger partial charge in [-0.2, -0.15) is 0 Å². The Balaban J connectivity index is 1.86. The lowest BCUT2D eigenvalue weighted by Crippen LogP contribution is -2.42. The first-order chi connectivity index (χ1) is 8.15. The summed E-state index contributed by atoms with van der Waals surface area (Å²) in [6.07, 6.45) is 2.48. The number of likely N-dealkylation sites (tertiary alicyclic amines) is 1. The van der Waals surface area contributed by atoms with Crippen LogP contribution >= 0.6 is 15.9 Å². The number of halogens is 1. The van der Waals surface area contributed by atoms with Gasteiger partial charge in [-0.1, -0.05) is 22.0 Å². The number of nitrogens with zero attached hydrogens (tertiary/aromatic N) is 1. The summed E-state index contributed by atoms with van der Waals surface area (Å²) >= 11 is 3.51. The van der Waals surface area contributed by atoms with E-state index >= 15 is 0 Å². The van der Waals surface area contributed by atoms with Crippen LogP contribution < -0.4 is 5.32 Å². The van der Waals surface area contributed by atoms with E-state index in [9.17, 15) is 0 Å². The van der Waals surface area contributed by atoms with Gasteiger partial charge < -0.3 is 10.2 Å². The highest BCUT2D eigenvalue weighted by Gasteiger charge is 2.20. The molecule has 0 saturated carbocycles. The molecule has 17 heavy (non-hydrogen) atoms. The van der Waals surface area contributed by atoms with Crippen molar-refractivity contribution in [2.45, 2.75) is 38.8 Å². The molecule has 2 nitrogen and oxygen atoms in total. The lowest BCUT2D eigenvalue weighted by molar-refractivity contribution is 0.177. The van der Waals surface area contributed by atoms with Gasteiger partial charge in [0.2, 0.25) is 0 Å². The Morgan fingerprint density at radius 2 is 2.00 bits per heavy atom. The zero-order valence-corrected chi connectivity index (χ0v) is 12.2. The van der Waals surface area contributed by atoms with Gasteiger partial charge in [-0.25, -0.2) is 0 Å². The zero-order chi connectivity index (χ0) is 12.3. The summed E-state index contributed by atoms with van der Waals surface area (Å²) in [5, 5.41) is 3.62. The molecule has 1 aliphatic heterocycles. The fourth-order valence-electron chi connectivity index (χ4n) is 2.37. The molecule has 0 spiro atoms. The molecule has 0 unspecified atom stereocenters. The first-order valence-electron chi connectivity index (χ1n) is 6.41. The van der Waals surface area contributed by atoms with E-state index in [1.165, 1.54) is 31.6 Å². The van der Waals surface area contributed by atoms with Gasteiger partial charge in [0.25, 0.3) is 0 Å². The number of hydrogen-bond acceptors (Lipinski definition) is 2. The van der Waals surface area contributed by atoms with Crippen molar-refractivity contribution in [3.05, 3.63) is 28.7 Å². The van der Waals surface area contributed by atoms with E-state index in [0.29, 0.717) is 12.1 Å². The Morgan fingerprint density at radius 3 is 2.59 bits per heavy atom. The van der Waals surface area contributed by atoms with E-state index in [-0.39, 0.29) is 0 Å². The van der Waals surface area contributed by atoms with Gasteiger partial charge >= 0.3 is 0 Å². The molecular formula is C14H21BrN2. The molecule has 0 aromatic heterocycles. The Kier molecular flexibility index (Phi) is 4.46. The third-order valence-electron chi connectivity index (χ3n) is 3.46. The van der Waals surface area contributed by atoms with Gasteiger partial charge in [0, 0.05) is 35.3 Å². The number of rotatable bonds is 3. The van der Waals surface area contributed by atoms with Gasteiger partial charge in [0.1, 0.15) is 0 Å². The summed E-state index contributed by atoms with van der Waals surface area (Å²) in [5.41, 5.74) is 1.22. The smallest absolute Gasteiger partial charge is 0.0353 e. The summed E-state index contributed by atoms with van der Waals surface area (Å²) in [6, 6.07) is 9.73. The average molecular weight is 297 g/mol. The van der Waals surface area contributed by atoms with Crippen LogP contribution in [0.4, 0.5) is 5.69 Å². The minimum atomic E-state index is 0.624. The van der Waals surface area contributed by atoms with Crippen LogP contribution in [0.5, 0.6) is 0 Å². The van der Waals surface area contributed by atoms with Crippen molar-refractivity contribution in [3.63, 3.8) is 0 Å². The Morgan fingerprint density at radius 1 is 1.29 bits per heavy atom. The maximum absolute atomic E-state index is 3.62. The van der Waals surface area contributed by atoms with Crippen molar-refractivity contribution < 1.29 is 0 Å². The highest BCUT2D eigenvalue weighted by molar-refractivity contribution is 9.10. The fourth-order valence-corrected chi connectivity index (χ4v) is 2.77. The molecule has 1 aromatic carbocycles. The molecule has 0 bridgehead atoms. The third-order valence-corrected chi connectivity index (χ3v) is 3.95. The molecule has 0 radical (unpaired) electrons. The van der Waals surface area contributed by atoms with E-state index in [4.69, 9.17) is 0 Å². The van der Waals surface area contributed by atoms with Crippen LogP contribution in [-0.2, 0) is 0 Å². The number of benzene rings is 1. The van der Waals surface area contributed by atoms with Gasteiger partial charge in [-0.05, 0) is 44.9 Å². The van der Waals surface area contributed by atoms with Crippen LogP contribution in [0.1, 0.15) is 26.7 Å². The molecular weight excluding hydrogens is 276 g/mol. The van der Waals surface area contributed by atoms with E-state index in [0.717, 1.165) is 4.47 Å². The predicted octanol–water partition coefficient (Wildman–Crippen LogP) is 3.73. The number of anilines is 1. The summed E-state index contributed by atoms with van der Waals surface area (Å²) in [5.74, 6) is 0. The first kappa shape index (κ1) is 12.9. The van der Waals surface area contributed by atoms with Crippen molar-refractivity contribution >= 4 is 21.6 Å². The third kappa shape index (κ3) is 3.71. The lowest BCUT2D eigenvalue weighted by Gasteiger charge is -2.35. The van der Waals surface area contributed by atoms with Gasteiger partial charge in [-0.15, -0.1) is 0 Å². The minimum Gasteiger partial charge on any atom is -0.382 e. The molecule has 0 aliphatic carbocycles. The Bertz CT molecular complexity index is 357. The molecule has 2 rings (SSSR count). The molecule has 94 valence electrons. The molecule has 0 atom stereocenters. The molecule has 0 amide bonds. The molecule has 1 aliphatic rings. The van der Waals surface area contributed by atoms with Crippen LogP contribution in [0.25, 0.3) is 0 Å². The number of nitrogens with one attached hydrogen (secondary N) is 1. The topological polar surface area (TPSA) is 15.3 Å². The summed E-state index contributed by atoms with van der Waals surface area (Å²) in [6.45, 7) is 6.98. The van der Waals surface area contributed by atoms with Crippen molar-refractivity contribution in [2.75, 3.05) is 18.4 Å². The van der Waals surface area contributed by atoms with E-state index < -0.39 is 0 Å². The summed E-state index contributed by atoms with van der Waals surface area (Å²) in [4.78, 5) is 2.55. The maximum atomic E-state index is 3.62. The van der Waals surface area contributed by atoms with E-state index in [1.807, 2.05) is 0 Å².